The SMILES string of the molecule is COc1ccc(C(N)Cc2ccncc2)cc1Br. The Morgan fingerprint density at radius 1 is 1.28 bits per heavy atom. The van der Waals surface area contributed by atoms with E-state index in [2.05, 4.69) is 20.9 Å². The average Bonchev–Trinajstić information content (AvgIpc) is 2.39. The summed E-state index contributed by atoms with van der Waals surface area (Å²) in [5, 5.41) is 0. The normalized spacial score (nSPS) is 12.2. The number of benzene rings is 1. The van der Waals surface area contributed by atoms with Gasteiger partial charge in [-0.3, -0.25) is 4.98 Å². The molecule has 1 aromatic heterocycles. The third kappa shape index (κ3) is 3.09. The second kappa shape index (κ2) is 5.98. The Balaban J connectivity index is 2.14. The van der Waals surface area contributed by atoms with Gasteiger partial charge in [-0.05, 0) is 57.7 Å². The van der Waals surface area contributed by atoms with Crippen LogP contribution in [0.1, 0.15) is 17.2 Å². The molecule has 1 heterocycles. The highest BCUT2D eigenvalue weighted by molar-refractivity contribution is 9.10. The lowest BCUT2D eigenvalue weighted by molar-refractivity contribution is 0.412. The van der Waals surface area contributed by atoms with Gasteiger partial charge in [-0.15, -0.1) is 0 Å². The fraction of sp³-hybridized carbons (Fsp3) is 0.214. The first kappa shape index (κ1) is 13.1. The van der Waals surface area contributed by atoms with Crippen LogP contribution in [0.25, 0.3) is 0 Å². The lowest BCUT2D eigenvalue weighted by atomic mass is 10.0. The van der Waals surface area contributed by atoms with Crippen molar-refractivity contribution in [2.75, 3.05) is 7.11 Å². The van der Waals surface area contributed by atoms with Crippen molar-refractivity contribution in [2.45, 2.75) is 12.5 Å². The molecule has 94 valence electrons. The Bertz CT molecular complexity index is 516. The van der Waals surface area contributed by atoms with Crippen LogP contribution in [0.4, 0.5) is 0 Å². The number of rotatable bonds is 4. The molecule has 1 unspecified atom stereocenters. The van der Waals surface area contributed by atoms with E-state index in [1.807, 2.05) is 30.3 Å². The molecule has 2 aromatic rings. The van der Waals surface area contributed by atoms with E-state index in [9.17, 15) is 0 Å². The van der Waals surface area contributed by atoms with Crippen LogP contribution >= 0.6 is 15.9 Å². The Labute approximate surface area is 115 Å². The minimum absolute atomic E-state index is 0.0328. The summed E-state index contributed by atoms with van der Waals surface area (Å²) in [7, 11) is 1.65. The van der Waals surface area contributed by atoms with Crippen LogP contribution in [0.2, 0.25) is 0 Å². The van der Waals surface area contributed by atoms with Crippen molar-refractivity contribution in [2.24, 2.45) is 5.73 Å². The second-order valence-electron chi connectivity index (χ2n) is 4.06. The smallest absolute Gasteiger partial charge is 0.133 e. The van der Waals surface area contributed by atoms with Gasteiger partial charge in [0.15, 0.2) is 0 Å². The Kier molecular flexibility index (Phi) is 4.33. The maximum atomic E-state index is 6.21. The van der Waals surface area contributed by atoms with Gasteiger partial charge in [-0.25, -0.2) is 0 Å². The molecule has 18 heavy (non-hydrogen) atoms. The van der Waals surface area contributed by atoms with Gasteiger partial charge >= 0.3 is 0 Å². The van der Waals surface area contributed by atoms with E-state index in [1.165, 1.54) is 5.56 Å². The van der Waals surface area contributed by atoms with Gasteiger partial charge in [-0.2, -0.15) is 0 Å². The molecule has 3 nitrogen and oxygen atoms in total. The number of aromatic nitrogens is 1. The molecule has 1 aromatic carbocycles. The largest absolute Gasteiger partial charge is 0.496 e. The van der Waals surface area contributed by atoms with Gasteiger partial charge < -0.3 is 10.5 Å². The Hall–Kier alpha value is -1.39. The minimum atomic E-state index is -0.0328. The first-order valence-electron chi connectivity index (χ1n) is 5.68. The Morgan fingerprint density at radius 2 is 2.00 bits per heavy atom. The molecular weight excluding hydrogens is 292 g/mol. The second-order valence-corrected chi connectivity index (χ2v) is 4.91. The van der Waals surface area contributed by atoms with Crippen molar-refractivity contribution in [1.82, 2.24) is 4.98 Å². The van der Waals surface area contributed by atoms with Crippen LogP contribution in [0.3, 0.4) is 0 Å². The van der Waals surface area contributed by atoms with Gasteiger partial charge in [0.25, 0.3) is 0 Å². The summed E-state index contributed by atoms with van der Waals surface area (Å²) in [6.45, 7) is 0. The van der Waals surface area contributed by atoms with E-state index < -0.39 is 0 Å². The number of hydrogen-bond acceptors (Lipinski definition) is 3. The van der Waals surface area contributed by atoms with Gasteiger partial charge in [0, 0.05) is 18.4 Å². The van der Waals surface area contributed by atoms with E-state index in [0.717, 1.165) is 22.2 Å². The summed E-state index contributed by atoms with van der Waals surface area (Å²) in [4.78, 5) is 4.00. The lowest BCUT2D eigenvalue weighted by Crippen LogP contribution is -2.13. The van der Waals surface area contributed by atoms with Crippen LogP contribution in [-0.4, -0.2) is 12.1 Å². The van der Waals surface area contributed by atoms with Crippen LogP contribution in [0.15, 0.2) is 47.2 Å². The zero-order valence-corrected chi connectivity index (χ0v) is 11.7. The van der Waals surface area contributed by atoms with Crippen molar-refractivity contribution in [3.8, 4) is 5.75 Å². The van der Waals surface area contributed by atoms with Crippen molar-refractivity contribution < 1.29 is 4.74 Å². The van der Waals surface area contributed by atoms with E-state index in [0.29, 0.717) is 0 Å². The van der Waals surface area contributed by atoms with Gasteiger partial charge in [0.2, 0.25) is 0 Å². The monoisotopic (exact) mass is 306 g/mol. The predicted molar refractivity (Wildman–Crippen MR) is 75.6 cm³/mol. The number of pyridine rings is 1. The van der Waals surface area contributed by atoms with Crippen molar-refractivity contribution >= 4 is 15.9 Å². The van der Waals surface area contributed by atoms with Gasteiger partial charge in [0.1, 0.15) is 5.75 Å². The summed E-state index contributed by atoms with van der Waals surface area (Å²) in [5.74, 6) is 0.815. The van der Waals surface area contributed by atoms with E-state index in [1.54, 1.807) is 19.5 Å². The van der Waals surface area contributed by atoms with E-state index in [-0.39, 0.29) is 6.04 Å². The van der Waals surface area contributed by atoms with Crippen molar-refractivity contribution in [1.29, 1.82) is 0 Å². The molecule has 0 aliphatic rings. The highest BCUT2D eigenvalue weighted by Crippen LogP contribution is 2.28. The summed E-state index contributed by atoms with van der Waals surface area (Å²) >= 11 is 3.47. The highest BCUT2D eigenvalue weighted by atomic mass is 79.9. The molecule has 0 aliphatic heterocycles. The third-order valence-corrected chi connectivity index (χ3v) is 3.43. The standard InChI is InChI=1S/C14H15BrN2O/c1-18-14-3-2-11(9-12(14)15)13(16)8-10-4-6-17-7-5-10/h2-7,9,13H,8,16H2,1H3. The number of methoxy groups -OCH3 is 1. The number of hydrogen-bond donors (Lipinski definition) is 1. The molecule has 1 atom stereocenters. The first-order chi connectivity index (χ1) is 8.70. The topological polar surface area (TPSA) is 48.1 Å². The molecule has 4 heteroatoms. The first-order valence-corrected chi connectivity index (χ1v) is 6.48. The average molecular weight is 307 g/mol. The molecule has 0 bridgehead atoms. The number of nitrogens with zero attached hydrogens (tertiary/aromatic N) is 1. The fourth-order valence-electron chi connectivity index (χ4n) is 1.80. The zero-order chi connectivity index (χ0) is 13.0. The van der Waals surface area contributed by atoms with Crippen molar-refractivity contribution in [3.05, 3.63) is 58.3 Å². The maximum absolute atomic E-state index is 6.21. The summed E-state index contributed by atoms with van der Waals surface area (Å²) < 4.78 is 6.13. The van der Waals surface area contributed by atoms with Crippen LogP contribution in [0.5, 0.6) is 5.75 Å². The summed E-state index contributed by atoms with van der Waals surface area (Å²) in [6.07, 6.45) is 4.36. The molecule has 0 aliphatic carbocycles. The lowest BCUT2D eigenvalue weighted by Gasteiger charge is -2.13. The fourth-order valence-corrected chi connectivity index (χ4v) is 2.36. The number of nitrogens with two attached hydrogens (primary N) is 1. The molecular formula is C14H15BrN2O. The van der Waals surface area contributed by atoms with Crippen LogP contribution in [-0.2, 0) is 6.42 Å². The van der Waals surface area contributed by atoms with Gasteiger partial charge in [0.05, 0.1) is 11.6 Å². The molecule has 2 rings (SSSR count). The third-order valence-electron chi connectivity index (χ3n) is 2.81. The summed E-state index contributed by atoms with van der Waals surface area (Å²) in [6, 6.07) is 9.86. The van der Waals surface area contributed by atoms with Crippen LogP contribution < -0.4 is 10.5 Å². The van der Waals surface area contributed by atoms with E-state index in [4.69, 9.17) is 10.5 Å². The quantitative estimate of drug-likeness (QED) is 0.944. The van der Waals surface area contributed by atoms with Crippen LogP contribution in [0, 0.1) is 0 Å². The maximum Gasteiger partial charge on any atom is 0.133 e. The molecule has 0 saturated heterocycles. The zero-order valence-electron chi connectivity index (χ0n) is 10.1. The highest BCUT2D eigenvalue weighted by Gasteiger charge is 2.09. The predicted octanol–water partition coefficient (Wildman–Crippen LogP) is 3.10. The molecule has 2 N–H and O–H groups in total. The number of halogens is 1. The Morgan fingerprint density at radius 3 is 2.61 bits per heavy atom. The molecule has 0 fully saturated rings. The molecule has 0 saturated carbocycles. The summed E-state index contributed by atoms with van der Waals surface area (Å²) in [5.41, 5.74) is 8.47. The molecule has 0 spiro atoms. The van der Waals surface area contributed by atoms with E-state index >= 15 is 0 Å². The van der Waals surface area contributed by atoms with Crippen molar-refractivity contribution in [3.63, 3.8) is 0 Å². The van der Waals surface area contributed by atoms with Gasteiger partial charge in [-0.1, -0.05) is 6.07 Å². The minimum Gasteiger partial charge on any atom is -0.496 e. The molecule has 0 amide bonds. The molecule has 0 radical (unpaired) electrons. The number of ether oxygens (including phenoxy) is 1.